The number of nitrogens with one attached hydrogen (secondary N) is 1. The van der Waals surface area contributed by atoms with E-state index in [1.165, 1.54) is 5.56 Å². The molecule has 28 heavy (non-hydrogen) atoms. The molecule has 150 valence electrons. The fraction of sp³-hybridized carbons (Fsp3) is 0.455. The minimum absolute atomic E-state index is 0.0533. The highest BCUT2D eigenvalue weighted by Crippen LogP contribution is 2.27. The quantitative estimate of drug-likeness (QED) is 0.774. The Labute approximate surface area is 167 Å². The first-order chi connectivity index (χ1) is 13.4. The minimum Gasteiger partial charge on any atom is -0.490 e. The molecule has 0 radical (unpaired) electrons. The lowest BCUT2D eigenvalue weighted by molar-refractivity contribution is 0.302. The Balaban J connectivity index is 1.34. The monoisotopic (exact) mass is 400 g/mol. The van der Waals surface area contributed by atoms with Crippen LogP contribution in [0.5, 0.6) is 5.75 Å². The van der Waals surface area contributed by atoms with Crippen molar-refractivity contribution in [1.82, 2.24) is 9.62 Å². The summed E-state index contributed by atoms with van der Waals surface area (Å²) < 4.78 is 34.3. The van der Waals surface area contributed by atoms with E-state index < -0.39 is 10.0 Å². The molecule has 1 saturated carbocycles. The van der Waals surface area contributed by atoms with Gasteiger partial charge in [0.15, 0.2) is 0 Å². The Morgan fingerprint density at radius 2 is 1.82 bits per heavy atom. The Morgan fingerprint density at radius 3 is 2.54 bits per heavy atom. The molecule has 0 amide bonds. The number of hydrogen-bond donors (Lipinski definition) is 1. The molecule has 0 unspecified atom stereocenters. The van der Waals surface area contributed by atoms with Crippen molar-refractivity contribution < 1.29 is 13.2 Å². The third kappa shape index (κ3) is 4.74. The first kappa shape index (κ1) is 19.4. The van der Waals surface area contributed by atoms with E-state index in [-0.39, 0.29) is 6.04 Å². The van der Waals surface area contributed by atoms with Crippen LogP contribution in [0.15, 0.2) is 47.4 Å². The second kappa shape index (κ2) is 7.85. The number of ether oxygens (including phenoxy) is 1. The molecule has 0 aromatic heterocycles. The maximum Gasteiger partial charge on any atom is 0.241 e. The number of aryl methyl sites for hydroxylation is 2. The highest BCUT2D eigenvalue weighted by molar-refractivity contribution is 7.89. The maximum atomic E-state index is 12.8. The van der Waals surface area contributed by atoms with Crippen molar-refractivity contribution in [2.45, 2.75) is 56.7 Å². The van der Waals surface area contributed by atoms with Gasteiger partial charge in [-0.05, 0) is 68.0 Å². The molecule has 2 aromatic rings. The number of likely N-dealkylation sites (tertiary alicyclic amines) is 1. The van der Waals surface area contributed by atoms with Crippen LogP contribution >= 0.6 is 0 Å². The van der Waals surface area contributed by atoms with Gasteiger partial charge in [0.05, 0.1) is 11.0 Å². The average molecular weight is 401 g/mol. The summed E-state index contributed by atoms with van der Waals surface area (Å²) in [5, 5.41) is 0. The zero-order valence-electron chi connectivity index (χ0n) is 16.5. The normalized spacial score (nSPS) is 20.4. The van der Waals surface area contributed by atoms with Crippen molar-refractivity contribution in [1.29, 1.82) is 0 Å². The van der Waals surface area contributed by atoms with E-state index >= 15 is 0 Å². The van der Waals surface area contributed by atoms with E-state index in [1.807, 2.05) is 38.1 Å². The molecular weight excluding hydrogens is 372 g/mol. The van der Waals surface area contributed by atoms with Gasteiger partial charge in [-0.15, -0.1) is 0 Å². The Kier molecular flexibility index (Phi) is 5.45. The molecule has 2 aromatic carbocycles. The zero-order valence-corrected chi connectivity index (χ0v) is 17.3. The van der Waals surface area contributed by atoms with Gasteiger partial charge in [-0.1, -0.05) is 24.3 Å². The summed E-state index contributed by atoms with van der Waals surface area (Å²) >= 11 is 0. The molecule has 1 atom stereocenters. The van der Waals surface area contributed by atoms with Gasteiger partial charge in [0, 0.05) is 25.7 Å². The third-order valence-corrected chi connectivity index (χ3v) is 7.05. The number of sulfonamides is 1. The summed E-state index contributed by atoms with van der Waals surface area (Å²) in [6.45, 7) is 6.19. The van der Waals surface area contributed by atoms with Gasteiger partial charge < -0.3 is 4.74 Å². The fourth-order valence-electron chi connectivity index (χ4n) is 3.66. The average Bonchev–Trinajstić information content (AvgIpc) is 3.37. The Hall–Kier alpha value is -1.89. The van der Waals surface area contributed by atoms with Crippen LogP contribution < -0.4 is 9.46 Å². The minimum atomic E-state index is -3.50. The molecule has 0 spiro atoms. The predicted molar refractivity (Wildman–Crippen MR) is 110 cm³/mol. The van der Waals surface area contributed by atoms with Crippen molar-refractivity contribution in [3.63, 3.8) is 0 Å². The predicted octanol–water partition coefficient (Wildman–Crippen LogP) is 3.40. The van der Waals surface area contributed by atoms with Crippen LogP contribution in [-0.2, 0) is 16.6 Å². The molecule has 2 aliphatic rings. The van der Waals surface area contributed by atoms with Crippen molar-refractivity contribution >= 4 is 10.0 Å². The van der Waals surface area contributed by atoms with Crippen LogP contribution in [0, 0.1) is 13.8 Å². The van der Waals surface area contributed by atoms with E-state index in [1.54, 1.807) is 6.07 Å². The lowest BCUT2D eigenvalue weighted by Crippen LogP contribution is -2.37. The largest absolute Gasteiger partial charge is 0.490 e. The van der Waals surface area contributed by atoms with Gasteiger partial charge in [-0.3, -0.25) is 4.90 Å². The standard InChI is InChI=1S/C22H28N2O3S/c1-16-3-4-17(2)22(13-16)28(25,26)23-19-11-12-24(15-19)14-18-5-7-20(8-6-18)27-21-9-10-21/h3-8,13,19,21,23H,9-12,14-15H2,1-2H3/t19-/m1/s1. The molecule has 1 aliphatic carbocycles. The highest BCUT2D eigenvalue weighted by Gasteiger charge is 2.28. The first-order valence-electron chi connectivity index (χ1n) is 9.96. The number of benzene rings is 2. The summed E-state index contributed by atoms with van der Waals surface area (Å²) in [6.07, 6.45) is 3.56. The third-order valence-electron chi connectivity index (χ3n) is 5.38. The van der Waals surface area contributed by atoms with E-state index in [9.17, 15) is 8.42 Å². The van der Waals surface area contributed by atoms with Crippen LogP contribution in [0.3, 0.4) is 0 Å². The topological polar surface area (TPSA) is 58.6 Å². The van der Waals surface area contributed by atoms with Crippen LogP contribution in [0.1, 0.15) is 36.0 Å². The smallest absolute Gasteiger partial charge is 0.241 e. The summed E-state index contributed by atoms with van der Waals surface area (Å²) in [7, 11) is -3.50. The lowest BCUT2D eigenvalue weighted by Gasteiger charge is -2.18. The van der Waals surface area contributed by atoms with E-state index in [0.29, 0.717) is 11.0 Å². The van der Waals surface area contributed by atoms with Crippen LogP contribution in [-0.4, -0.2) is 38.6 Å². The van der Waals surface area contributed by atoms with Crippen LogP contribution in [0.2, 0.25) is 0 Å². The number of rotatable bonds is 7. The number of hydrogen-bond acceptors (Lipinski definition) is 4. The molecule has 4 rings (SSSR count). The highest BCUT2D eigenvalue weighted by atomic mass is 32.2. The van der Waals surface area contributed by atoms with Gasteiger partial charge in [0.2, 0.25) is 10.0 Å². The molecule has 1 N–H and O–H groups in total. The van der Waals surface area contributed by atoms with Crippen molar-refractivity contribution in [2.75, 3.05) is 13.1 Å². The van der Waals surface area contributed by atoms with Gasteiger partial charge >= 0.3 is 0 Å². The van der Waals surface area contributed by atoms with Crippen LogP contribution in [0.4, 0.5) is 0 Å². The lowest BCUT2D eigenvalue weighted by atomic mass is 10.2. The molecule has 5 nitrogen and oxygen atoms in total. The molecule has 1 saturated heterocycles. The van der Waals surface area contributed by atoms with E-state index in [2.05, 4.69) is 21.8 Å². The van der Waals surface area contributed by atoms with Gasteiger partial charge in [0.1, 0.15) is 5.75 Å². The molecule has 1 aliphatic heterocycles. The molecule has 0 bridgehead atoms. The van der Waals surface area contributed by atoms with Gasteiger partial charge in [-0.2, -0.15) is 0 Å². The van der Waals surface area contributed by atoms with Crippen molar-refractivity contribution in [3.8, 4) is 5.75 Å². The summed E-state index contributed by atoms with van der Waals surface area (Å²) in [4.78, 5) is 2.68. The number of nitrogens with zero attached hydrogens (tertiary/aromatic N) is 1. The van der Waals surface area contributed by atoms with E-state index in [0.717, 1.165) is 55.8 Å². The summed E-state index contributed by atoms with van der Waals surface area (Å²) in [5.41, 5.74) is 2.95. The van der Waals surface area contributed by atoms with Gasteiger partial charge in [-0.25, -0.2) is 13.1 Å². The van der Waals surface area contributed by atoms with Crippen LogP contribution in [0.25, 0.3) is 0 Å². The summed E-state index contributed by atoms with van der Waals surface area (Å²) in [5.74, 6) is 0.937. The first-order valence-corrected chi connectivity index (χ1v) is 11.4. The second-order valence-electron chi connectivity index (χ2n) is 8.07. The fourth-order valence-corrected chi connectivity index (χ4v) is 5.25. The molecule has 2 fully saturated rings. The maximum absolute atomic E-state index is 12.8. The van der Waals surface area contributed by atoms with Crippen molar-refractivity contribution in [2.24, 2.45) is 0 Å². The molecule has 1 heterocycles. The summed E-state index contributed by atoms with van der Waals surface area (Å²) in [6, 6.07) is 13.8. The second-order valence-corrected chi connectivity index (χ2v) is 9.75. The zero-order chi connectivity index (χ0) is 19.7. The Bertz CT molecular complexity index is 937. The molecule has 6 heteroatoms. The molecular formula is C22H28N2O3S. The van der Waals surface area contributed by atoms with Crippen molar-refractivity contribution in [3.05, 3.63) is 59.2 Å². The SMILES string of the molecule is Cc1ccc(C)c(S(=O)(=O)N[C@@H]2CCN(Cc3ccc(OC4CC4)cc3)C2)c1. The Morgan fingerprint density at radius 1 is 1.07 bits per heavy atom. The van der Waals surface area contributed by atoms with E-state index in [4.69, 9.17) is 4.74 Å². The van der Waals surface area contributed by atoms with Gasteiger partial charge in [0.25, 0.3) is 0 Å².